The van der Waals surface area contributed by atoms with E-state index in [-0.39, 0.29) is 0 Å². The summed E-state index contributed by atoms with van der Waals surface area (Å²) in [5.74, 6) is 0. The van der Waals surface area contributed by atoms with Crippen LogP contribution >= 0.6 is 0 Å². The number of nitriles is 2. The summed E-state index contributed by atoms with van der Waals surface area (Å²) < 4.78 is 0. The Morgan fingerprint density at radius 1 is 0.889 bits per heavy atom. The normalized spacial score (nSPS) is 26.9. The molecule has 1 rings (SSSR count). The second-order valence-corrected chi connectivity index (χ2v) is 5.41. The zero-order valence-electron chi connectivity index (χ0n) is 11.4. The van der Waals surface area contributed by atoms with Crippen LogP contribution in [0.25, 0.3) is 0 Å². The predicted molar refractivity (Wildman–Crippen MR) is 71.7 cm³/mol. The molecule has 0 aliphatic heterocycles. The van der Waals surface area contributed by atoms with Crippen LogP contribution < -0.4 is 10.6 Å². The van der Waals surface area contributed by atoms with E-state index in [1.54, 1.807) is 0 Å². The molecule has 0 bridgehead atoms. The molecular weight excluding hydrogens is 224 g/mol. The first-order valence-electron chi connectivity index (χ1n) is 6.91. The Balaban J connectivity index is 2.21. The standard InChI is InChI=1S/C14H24N4/c1-11(7-9-15)17-13-3-5-14(6-4-13)18-12(2)8-10-16/h11-14,17-18H,3-8H2,1-2H3/t11-,12+,13?,14?. The number of nitrogens with one attached hydrogen (secondary N) is 2. The van der Waals surface area contributed by atoms with E-state index in [2.05, 4.69) is 36.6 Å². The van der Waals surface area contributed by atoms with Crippen molar-refractivity contribution >= 4 is 0 Å². The average molecular weight is 248 g/mol. The molecule has 0 saturated heterocycles. The Morgan fingerprint density at radius 2 is 1.22 bits per heavy atom. The summed E-state index contributed by atoms with van der Waals surface area (Å²) in [5.41, 5.74) is 0. The van der Waals surface area contributed by atoms with Crippen molar-refractivity contribution in [2.75, 3.05) is 0 Å². The maximum atomic E-state index is 8.63. The molecule has 2 N–H and O–H groups in total. The van der Waals surface area contributed by atoms with Crippen LogP contribution in [0.5, 0.6) is 0 Å². The van der Waals surface area contributed by atoms with Crippen molar-refractivity contribution in [1.29, 1.82) is 10.5 Å². The monoisotopic (exact) mass is 248 g/mol. The van der Waals surface area contributed by atoms with E-state index in [0.717, 1.165) is 25.7 Å². The summed E-state index contributed by atoms with van der Waals surface area (Å²) in [6.45, 7) is 4.14. The van der Waals surface area contributed by atoms with Gasteiger partial charge in [0.15, 0.2) is 0 Å². The quantitative estimate of drug-likeness (QED) is 0.755. The highest BCUT2D eigenvalue weighted by Crippen LogP contribution is 2.20. The van der Waals surface area contributed by atoms with Crippen molar-refractivity contribution in [3.05, 3.63) is 0 Å². The van der Waals surface area contributed by atoms with Crippen LogP contribution in [0.2, 0.25) is 0 Å². The van der Waals surface area contributed by atoms with E-state index < -0.39 is 0 Å². The number of nitrogens with zero attached hydrogens (tertiary/aromatic N) is 2. The molecule has 0 unspecified atom stereocenters. The molecule has 1 fully saturated rings. The zero-order valence-corrected chi connectivity index (χ0v) is 11.4. The molecule has 2 atom stereocenters. The molecule has 0 amide bonds. The maximum absolute atomic E-state index is 8.63. The van der Waals surface area contributed by atoms with Crippen molar-refractivity contribution in [3.63, 3.8) is 0 Å². The molecule has 4 heteroatoms. The molecule has 4 nitrogen and oxygen atoms in total. The summed E-state index contributed by atoms with van der Waals surface area (Å²) in [7, 11) is 0. The Morgan fingerprint density at radius 3 is 1.50 bits per heavy atom. The van der Waals surface area contributed by atoms with Crippen molar-refractivity contribution < 1.29 is 0 Å². The molecular formula is C14H24N4. The Hall–Kier alpha value is -1.10. The Bertz CT molecular complexity index is 275. The van der Waals surface area contributed by atoms with E-state index in [1.807, 2.05) is 0 Å². The van der Waals surface area contributed by atoms with Gasteiger partial charge in [0.2, 0.25) is 0 Å². The van der Waals surface area contributed by atoms with Gasteiger partial charge in [0, 0.05) is 24.2 Å². The lowest BCUT2D eigenvalue weighted by molar-refractivity contribution is 0.280. The Labute approximate surface area is 110 Å². The molecule has 1 saturated carbocycles. The first kappa shape index (κ1) is 15.0. The van der Waals surface area contributed by atoms with E-state index in [1.165, 1.54) is 0 Å². The fraction of sp³-hybridized carbons (Fsp3) is 0.857. The van der Waals surface area contributed by atoms with Gasteiger partial charge >= 0.3 is 0 Å². The summed E-state index contributed by atoms with van der Waals surface area (Å²) >= 11 is 0. The van der Waals surface area contributed by atoms with Crippen molar-refractivity contribution in [2.45, 2.75) is 76.5 Å². The average Bonchev–Trinajstić information content (AvgIpc) is 2.32. The van der Waals surface area contributed by atoms with Crippen LogP contribution in [-0.4, -0.2) is 24.2 Å². The van der Waals surface area contributed by atoms with Crippen LogP contribution in [0.4, 0.5) is 0 Å². The lowest BCUT2D eigenvalue weighted by Gasteiger charge is -2.32. The van der Waals surface area contributed by atoms with Gasteiger partial charge in [-0.25, -0.2) is 0 Å². The summed E-state index contributed by atoms with van der Waals surface area (Å²) in [5, 5.41) is 24.3. The second-order valence-electron chi connectivity index (χ2n) is 5.41. The van der Waals surface area contributed by atoms with Gasteiger partial charge in [0.25, 0.3) is 0 Å². The molecule has 0 aromatic rings. The maximum Gasteiger partial charge on any atom is 0.0638 e. The van der Waals surface area contributed by atoms with Gasteiger partial charge in [-0.3, -0.25) is 0 Å². The first-order chi connectivity index (χ1) is 8.65. The molecule has 0 aromatic carbocycles. The molecule has 0 radical (unpaired) electrons. The number of hydrogen-bond donors (Lipinski definition) is 2. The van der Waals surface area contributed by atoms with Gasteiger partial charge < -0.3 is 10.6 Å². The third kappa shape index (κ3) is 5.49. The smallest absolute Gasteiger partial charge is 0.0638 e. The largest absolute Gasteiger partial charge is 0.310 e. The summed E-state index contributed by atoms with van der Waals surface area (Å²) in [6.07, 6.45) is 5.80. The third-order valence-corrected chi connectivity index (χ3v) is 3.56. The van der Waals surface area contributed by atoms with Crippen LogP contribution in [-0.2, 0) is 0 Å². The van der Waals surface area contributed by atoms with Gasteiger partial charge in [0.1, 0.15) is 0 Å². The lowest BCUT2D eigenvalue weighted by atomic mass is 9.90. The van der Waals surface area contributed by atoms with Crippen LogP contribution in [0.15, 0.2) is 0 Å². The van der Waals surface area contributed by atoms with Crippen molar-refractivity contribution in [3.8, 4) is 12.1 Å². The van der Waals surface area contributed by atoms with Crippen molar-refractivity contribution in [1.82, 2.24) is 10.6 Å². The van der Waals surface area contributed by atoms with E-state index in [4.69, 9.17) is 10.5 Å². The van der Waals surface area contributed by atoms with Crippen LogP contribution in [0.1, 0.15) is 52.4 Å². The lowest BCUT2D eigenvalue weighted by Crippen LogP contribution is -2.44. The number of hydrogen-bond acceptors (Lipinski definition) is 4. The molecule has 18 heavy (non-hydrogen) atoms. The van der Waals surface area contributed by atoms with E-state index in [9.17, 15) is 0 Å². The summed E-state index contributed by atoms with van der Waals surface area (Å²) in [6, 6.07) is 6.09. The van der Waals surface area contributed by atoms with Gasteiger partial charge in [-0.05, 0) is 39.5 Å². The second kappa shape index (κ2) is 8.08. The van der Waals surface area contributed by atoms with Gasteiger partial charge in [-0.15, -0.1) is 0 Å². The highest BCUT2D eigenvalue weighted by atomic mass is 15.0. The molecule has 0 heterocycles. The topological polar surface area (TPSA) is 71.6 Å². The predicted octanol–water partition coefficient (Wildman–Crippen LogP) is 2.08. The van der Waals surface area contributed by atoms with Crippen LogP contribution in [0.3, 0.4) is 0 Å². The van der Waals surface area contributed by atoms with E-state index in [0.29, 0.717) is 37.0 Å². The fourth-order valence-electron chi connectivity index (χ4n) is 2.62. The third-order valence-electron chi connectivity index (χ3n) is 3.56. The Kier molecular flexibility index (Phi) is 6.72. The number of rotatable bonds is 6. The fourth-order valence-corrected chi connectivity index (χ4v) is 2.62. The molecule has 0 aromatic heterocycles. The summed E-state index contributed by atoms with van der Waals surface area (Å²) in [4.78, 5) is 0. The highest BCUT2D eigenvalue weighted by molar-refractivity contribution is 4.87. The minimum Gasteiger partial charge on any atom is -0.310 e. The van der Waals surface area contributed by atoms with Gasteiger partial charge in [-0.2, -0.15) is 10.5 Å². The zero-order chi connectivity index (χ0) is 13.4. The first-order valence-corrected chi connectivity index (χ1v) is 6.91. The molecule has 0 spiro atoms. The van der Waals surface area contributed by atoms with Gasteiger partial charge in [-0.1, -0.05) is 0 Å². The SMILES string of the molecule is C[C@H](CC#N)NC1CCC(N[C@@H](C)CC#N)CC1. The molecule has 1 aliphatic rings. The van der Waals surface area contributed by atoms with Crippen molar-refractivity contribution in [2.24, 2.45) is 0 Å². The molecule has 100 valence electrons. The minimum atomic E-state index is 0.294. The highest BCUT2D eigenvalue weighted by Gasteiger charge is 2.22. The van der Waals surface area contributed by atoms with Crippen LogP contribution in [0, 0.1) is 22.7 Å². The molecule has 1 aliphatic carbocycles. The van der Waals surface area contributed by atoms with E-state index >= 15 is 0 Å². The minimum absolute atomic E-state index is 0.294. The van der Waals surface area contributed by atoms with Gasteiger partial charge in [0.05, 0.1) is 25.0 Å².